The molecule has 3 nitrogen and oxygen atoms in total. The third kappa shape index (κ3) is 0.337. The molecule has 0 fully saturated rings. The third-order valence-electron chi connectivity index (χ3n) is 0.451. The Morgan fingerprint density at radius 1 is 2.00 bits per heavy atom. The maximum Gasteiger partial charge on any atom is 1.00 e. The average molecular weight is 85.1 g/mol. The number of oxazole rings is 1. The summed E-state index contributed by atoms with van der Waals surface area (Å²) in [7, 11) is 0. The Morgan fingerprint density at radius 3 is 3.00 bits per heavy atom. The van der Waals surface area contributed by atoms with Gasteiger partial charge in [0, 0.05) is 0 Å². The fourth-order valence-electron chi connectivity index (χ4n) is 0.226. The molecule has 0 aliphatic rings. The van der Waals surface area contributed by atoms with Crippen LogP contribution < -0.4 is 5.73 Å². The zero-order chi connectivity index (χ0) is 4.41. The van der Waals surface area contributed by atoms with Crippen molar-refractivity contribution in [3.63, 3.8) is 0 Å². The highest BCUT2D eigenvalue weighted by molar-refractivity contribution is 5.15. The van der Waals surface area contributed by atoms with E-state index in [1.807, 2.05) is 0 Å². The summed E-state index contributed by atoms with van der Waals surface area (Å²) in [5.41, 5.74) is 5.05. The minimum absolute atomic E-state index is 0. The van der Waals surface area contributed by atoms with Crippen LogP contribution in [0.4, 0.5) is 5.88 Å². The van der Waals surface area contributed by atoms with Gasteiger partial charge in [0.1, 0.15) is 0 Å². The van der Waals surface area contributed by atoms with Crippen LogP contribution in [0.3, 0.4) is 0 Å². The zero-order valence-corrected chi connectivity index (χ0v) is 3.09. The monoisotopic (exact) mass is 85.0 g/mol. The summed E-state index contributed by atoms with van der Waals surface area (Å²) < 4.78 is 4.50. The summed E-state index contributed by atoms with van der Waals surface area (Å²) in [4.78, 5) is 3.53. The van der Waals surface area contributed by atoms with Gasteiger partial charge in [0.25, 0.3) is 0 Å². The molecule has 0 spiro atoms. The molecule has 0 saturated carbocycles. The number of nitrogens with two attached hydrogens (primary N) is 1. The number of nitrogen functional groups attached to an aromatic ring is 1. The molecule has 2 N–H and O–H groups in total. The Labute approximate surface area is 36.3 Å². The lowest BCUT2D eigenvalue weighted by atomic mass is 10.9. The number of hydrogen-bond donors (Lipinski definition) is 1. The predicted octanol–water partition coefficient (Wildman–Crippen LogP) is 0.369. The first-order valence-corrected chi connectivity index (χ1v) is 1.53. The molecule has 32 valence electrons. The van der Waals surface area contributed by atoms with Crippen molar-refractivity contribution in [2.75, 3.05) is 5.73 Å². The highest BCUT2D eigenvalue weighted by Crippen LogP contribution is 1.92. The number of nitrogens with zero attached hydrogens (tertiary/aromatic N) is 1. The molecule has 1 aromatic rings. The molecular formula is C3H5N2O+. The predicted molar refractivity (Wildman–Crippen MR) is 22.0 cm³/mol. The fraction of sp³-hybridized carbons (Fsp3) is 0. The van der Waals surface area contributed by atoms with Gasteiger partial charge >= 0.3 is 1.43 Å². The van der Waals surface area contributed by atoms with E-state index >= 15 is 0 Å². The van der Waals surface area contributed by atoms with Crippen molar-refractivity contribution in [1.29, 1.82) is 0 Å². The second kappa shape index (κ2) is 1.01. The van der Waals surface area contributed by atoms with Crippen molar-refractivity contribution in [2.24, 2.45) is 0 Å². The molecule has 0 amide bonds. The average Bonchev–Trinajstić information content (AvgIpc) is 1.86. The Bertz CT molecular complexity index is 116. The van der Waals surface area contributed by atoms with Gasteiger partial charge in [-0.15, -0.1) is 0 Å². The van der Waals surface area contributed by atoms with Gasteiger partial charge < -0.3 is 10.2 Å². The number of aromatic nitrogens is 1. The standard InChI is InChI=1S/C3H4N2O/c4-3-1-5-2-6-3/h1-2H,4H2/p+1. The first-order chi connectivity index (χ1) is 2.89. The molecule has 1 rings (SSSR count). The van der Waals surface area contributed by atoms with Crippen LogP contribution in [0.15, 0.2) is 17.0 Å². The number of anilines is 1. The number of rotatable bonds is 0. The van der Waals surface area contributed by atoms with E-state index in [1.54, 1.807) is 0 Å². The summed E-state index contributed by atoms with van der Waals surface area (Å²) >= 11 is 0. The van der Waals surface area contributed by atoms with Crippen molar-refractivity contribution in [3.8, 4) is 0 Å². The summed E-state index contributed by atoms with van der Waals surface area (Å²) in [6.07, 6.45) is 2.73. The minimum atomic E-state index is 0. The van der Waals surface area contributed by atoms with Crippen molar-refractivity contribution in [2.45, 2.75) is 0 Å². The van der Waals surface area contributed by atoms with Crippen molar-refractivity contribution in [1.82, 2.24) is 4.98 Å². The molecule has 0 bridgehead atoms. The summed E-state index contributed by atoms with van der Waals surface area (Å²) in [5.74, 6) is 0.356. The maximum absolute atomic E-state index is 5.05. The zero-order valence-electron chi connectivity index (χ0n) is 4.09. The quantitative estimate of drug-likeness (QED) is 0.495. The largest absolute Gasteiger partial charge is 1.00 e. The van der Waals surface area contributed by atoms with Crippen molar-refractivity contribution in [3.05, 3.63) is 12.6 Å². The fourth-order valence-corrected chi connectivity index (χ4v) is 0.226. The van der Waals surface area contributed by atoms with Gasteiger partial charge in [-0.1, -0.05) is 0 Å². The van der Waals surface area contributed by atoms with Crippen LogP contribution in [-0.2, 0) is 0 Å². The van der Waals surface area contributed by atoms with Crippen LogP contribution in [0.2, 0.25) is 0 Å². The van der Waals surface area contributed by atoms with Gasteiger partial charge in [0.2, 0.25) is 5.88 Å². The molecule has 0 aliphatic heterocycles. The normalized spacial score (nSPS) is 8.67. The third-order valence-corrected chi connectivity index (χ3v) is 0.451. The van der Waals surface area contributed by atoms with Gasteiger partial charge in [-0.2, -0.15) is 0 Å². The van der Waals surface area contributed by atoms with Crippen LogP contribution in [0.5, 0.6) is 0 Å². The van der Waals surface area contributed by atoms with E-state index in [1.165, 1.54) is 12.6 Å². The van der Waals surface area contributed by atoms with Gasteiger partial charge in [0.05, 0.1) is 6.20 Å². The Morgan fingerprint density at radius 2 is 2.83 bits per heavy atom. The molecule has 3 heteroatoms. The molecule has 6 heavy (non-hydrogen) atoms. The van der Waals surface area contributed by atoms with E-state index < -0.39 is 0 Å². The van der Waals surface area contributed by atoms with Gasteiger partial charge in [-0.25, -0.2) is 4.98 Å². The molecule has 1 aromatic heterocycles. The van der Waals surface area contributed by atoms with Crippen LogP contribution in [0, 0.1) is 0 Å². The molecule has 0 aromatic carbocycles. The van der Waals surface area contributed by atoms with Gasteiger partial charge in [-0.3, -0.25) is 0 Å². The Kier molecular flexibility index (Phi) is 0.538. The first kappa shape index (κ1) is 3.21. The second-order valence-electron chi connectivity index (χ2n) is 0.904. The molecule has 0 radical (unpaired) electrons. The smallest absolute Gasteiger partial charge is 0.428 e. The Hall–Kier alpha value is -0.990. The highest BCUT2D eigenvalue weighted by Gasteiger charge is 1.77. The van der Waals surface area contributed by atoms with E-state index in [-0.39, 0.29) is 1.43 Å². The lowest BCUT2D eigenvalue weighted by Crippen LogP contribution is -1.75. The molecule has 0 aliphatic carbocycles. The van der Waals surface area contributed by atoms with Gasteiger partial charge in [-0.05, 0) is 0 Å². The van der Waals surface area contributed by atoms with Crippen LogP contribution in [0.1, 0.15) is 1.43 Å². The van der Waals surface area contributed by atoms with E-state index in [2.05, 4.69) is 9.40 Å². The maximum atomic E-state index is 5.05. The molecule has 0 unspecified atom stereocenters. The lowest BCUT2D eigenvalue weighted by Gasteiger charge is -1.68. The SMILES string of the molecule is Nc1cnco1.[H+]. The highest BCUT2D eigenvalue weighted by atomic mass is 16.3. The molecule has 0 atom stereocenters. The summed E-state index contributed by atoms with van der Waals surface area (Å²) in [6.45, 7) is 0. The molecule has 0 saturated heterocycles. The van der Waals surface area contributed by atoms with Crippen molar-refractivity contribution >= 4 is 5.88 Å². The van der Waals surface area contributed by atoms with E-state index in [4.69, 9.17) is 5.73 Å². The van der Waals surface area contributed by atoms with Gasteiger partial charge in [0.15, 0.2) is 6.39 Å². The second-order valence-corrected chi connectivity index (χ2v) is 0.904. The van der Waals surface area contributed by atoms with E-state index in [0.29, 0.717) is 5.88 Å². The van der Waals surface area contributed by atoms with Crippen molar-refractivity contribution < 1.29 is 5.84 Å². The van der Waals surface area contributed by atoms with E-state index in [0.717, 1.165) is 0 Å². The van der Waals surface area contributed by atoms with E-state index in [9.17, 15) is 0 Å². The minimum Gasteiger partial charge on any atom is -0.428 e. The number of hydrogen-bond acceptors (Lipinski definition) is 3. The lowest BCUT2D eigenvalue weighted by molar-refractivity contribution is 0.577. The topological polar surface area (TPSA) is 52.0 Å². The first-order valence-electron chi connectivity index (χ1n) is 1.53. The molecular weight excluding hydrogens is 80.0 g/mol. The molecule has 1 heterocycles. The summed E-state index contributed by atoms with van der Waals surface area (Å²) in [5, 5.41) is 0. The summed E-state index contributed by atoms with van der Waals surface area (Å²) in [6, 6.07) is 0. The Balaban J connectivity index is 0.000000360. The van der Waals surface area contributed by atoms with Crippen LogP contribution >= 0.6 is 0 Å². The van der Waals surface area contributed by atoms with Crippen LogP contribution in [0.25, 0.3) is 0 Å². The van der Waals surface area contributed by atoms with Crippen LogP contribution in [-0.4, -0.2) is 4.98 Å².